The Hall–Kier alpha value is -0.730. The summed E-state index contributed by atoms with van der Waals surface area (Å²) in [5.74, 6) is 0. The molecule has 0 bridgehead atoms. The fourth-order valence-corrected chi connectivity index (χ4v) is 2.13. The van der Waals surface area contributed by atoms with Crippen molar-refractivity contribution in [3.05, 3.63) is 29.8 Å². The van der Waals surface area contributed by atoms with Gasteiger partial charge in [0.2, 0.25) is 0 Å². The van der Waals surface area contributed by atoms with Crippen molar-refractivity contribution in [2.45, 2.75) is 25.8 Å². The topological polar surface area (TPSA) is 29.3 Å². The Morgan fingerprint density at radius 1 is 1.07 bits per heavy atom. The molecule has 0 aromatic heterocycles. The fourth-order valence-electron chi connectivity index (χ4n) is 2.13. The summed E-state index contributed by atoms with van der Waals surface area (Å²) in [5, 5.41) is 0. The molecule has 0 spiro atoms. The lowest BCUT2D eigenvalue weighted by molar-refractivity contribution is 0.576. The number of para-hydroxylation sites is 1. The van der Waals surface area contributed by atoms with Crippen LogP contribution in [0.2, 0.25) is 0 Å². The maximum absolute atomic E-state index is 5.73. The Kier molecular flexibility index (Phi) is 4.92. The average molecular weight is 227 g/mol. The van der Waals surface area contributed by atoms with Crippen LogP contribution in [0.4, 0.5) is 5.69 Å². The fraction of sp³-hybridized carbons (Fsp3) is 0.500. The van der Waals surface area contributed by atoms with E-state index in [2.05, 4.69) is 29.2 Å². The molecule has 0 aliphatic carbocycles. The quantitative estimate of drug-likeness (QED) is 0.840. The van der Waals surface area contributed by atoms with Gasteiger partial charge in [-0.25, -0.2) is 0 Å². The van der Waals surface area contributed by atoms with Crippen LogP contribution in [0.3, 0.4) is 0 Å². The molecular formula is C12H19ClN2. The van der Waals surface area contributed by atoms with E-state index in [9.17, 15) is 0 Å². The summed E-state index contributed by atoms with van der Waals surface area (Å²) in [4.78, 5) is 2.46. The van der Waals surface area contributed by atoms with Crippen LogP contribution in [0.25, 0.3) is 0 Å². The van der Waals surface area contributed by atoms with Gasteiger partial charge in [-0.05, 0) is 30.9 Å². The zero-order valence-corrected chi connectivity index (χ0v) is 9.80. The van der Waals surface area contributed by atoms with E-state index in [0.29, 0.717) is 6.54 Å². The lowest BCUT2D eigenvalue weighted by Crippen LogP contribution is -2.30. The molecule has 1 heterocycles. The van der Waals surface area contributed by atoms with Gasteiger partial charge in [0.15, 0.2) is 0 Å². The summed E-state index contributed by atoms with van der Waals surface area (Å²) in [6, 6.07) is 8.48. The number of nitrogens with two attached hydrogens (primary N) is 1. The lowest BCUT2D eigenvalue weighted by atomic mass is 10.1. The van der Waals surface area contributed by atoms with Crippen LogP contribution in [0.5, 0.6) is 0 Å². The molecule has 1 saturated heterocycles. The smallest absolute Gasteiger partial charge is 0.0411 e. The molecule has 0 atom stereocenters. The first-order chi connectivity index (χ1) is 6.92. The molecule has 0 unspecified atom stereocenters. The van der Waals surface area contributed by atoms with Crippen LogP contribution in [0, 0.1) is 0 Å². The second kappa shape index (κ2) is 5.99. The highest BCUT2D eigenvalue weighted by atomic mass is 35.5. The van der Waals surface area contributed by atoms with E-state index in [4.69, 9.17) is 5.73 Å². The van der Waals surface area contributed by atoms with E-state index in [1.165, 1.54) is 43.6 Å². The van der Waals surface area contributed by atoms with E-state index in [1.807, 2.05) is 0 Å². The zero-order chi connectivity index (χ0) is 9.80. The molecule has 1 aromatic rings. The molecule has 2 rings (SSSR count). The molecule has 1 aliphatic rings. The second-order valence-electron chi connectivity index (χ2n) is 3.88. The summed E-state index contributed by atoms with van der Waals surface area (Å²) in [7, 11) is 0. The lowest BCUT2D eigenvalue weighted by Gasteiger charge is -2.30. The highest BCUT2D eigenvalue weighted by molar-refractivity contribution is 5.85. The van der Waals surface area contributed by atoms with Crippen LogP contribution in [-0.2, 0) is 6.54 Å². The minimum atomic E-state index is 0. The molecular weight excluding hydrogens is 208 g/mol. The molecule has 0 amide bonds. The molecule has 3 heteroatoms. The molecule has 2 nitrogen and oxygen atoms in total. The number of anilines is 1. The number of benzene rings is 1. The van der Waals surface area contributed by atoms with Crippen LogP contribution < -0.4 is 10.6 Å². The van der Waals surface area contributed by atoms with Gasteiger partial charge in [-0.1, -0.05) is 18.2 Å². The minimum Gasteiger partial charge on any atom is -0.371 e. The highest BCUT2D eigenvalue weighted by Crippen LogP contribution is 2.23. The molecule has 1 aromatic carbocycles. The van der Waals surface area contributed by atoms with Gasteiger partial charge in [-0.3, -0.25) is 0 Å². The van der Waals surface area contributed by atoms with Crippen molar-refractivity contribution in [3.63, 3.8) is 0 Å². The number of nitrogens with zero attached hydrogens (tertiary/aromatic N) is 1. The van der Waals surface area contributed by atoms with E-state index < -0.39 is 0 Å². The van der Waals surface area contributed by atoms with Gasteiger partial charge in [0.25, 0.3) is 0 Å². The summed E-state index contributed by atoms with van der Waals surface area (Å²) in [6.45, 7) is 3.03. The number of hydrogen-bond acceptors (Lipinski definition) is 2. The van der Waals surface area contributed by atoms with Crippen molar-refractivity contribution < 1.29 is 0 Å². The zero-order valence-electron chi connectivity index (χ0n) is 8.98. The van der Waals surface area contributed by atoms with Crippen molar-refractivity contribution in [1.82, 2.24) is 0 Å². The SMILES string of the molecule is Cl.NCc1ccccc1N1CCCCC1. The summed E-state index contributed by atoms with van der Waals surface area (Å²) >= 11 is 0. The second-order valence-corrected chi connectivity index (χ2v) is 3.88. The van der Waals surface area contributed by atoms with Gasteiger partial charge in [0.1, 0.15) is 0 Å². The maximum Gasteiger partial charge on any atom is 0.0411 e. The Morgan fingerprint density at radius 3 is 2.40 bits per heavy atom. The van der Waals surface area contributed by atoms with Crippen LogP contribution in [-0.4, -0.2) is 13.1 Å². The van der Waals surface area contributed by atoms with E-state index in [-0.39, 0.29) is 12.4 Å². The first kappa shape index (κ1) is 12.3. The summed E-state index contributed by atoms with van der Waals surface area (Å²) in [5.41, 5.74) is 8.35. The van der Waals surface area contributed by atoms with E-state index in [0.717, 1.165) is 0 Å². The van der Waals surface area contributed by atoms with Gasteiger partial charge in [-0.15, -0.1) is 12.4 Å². The molecule has 0 radical (unpaired) electrons. The van der Waals surface area contributed by atoms with Crippen molar-refractivity contribution in [2.24, 2.45) is 5.73 Å². The Bertz CT molecular complexity index is 295. The van der Waals surface area contributed by atoms with Crippen LogP contribution in [0.1, 0.15) is 24.8 Å². The van der Waals surface area contributed by atoms with Crippen molar-refractivity contribution in [1.29, 1.82) is 0 Å². The van der Waals surface area contributed by atoms with Gasteiger partial charge < -0.3 is 10.6 Å². The van der Waals surface area contributed by atoms with E-state index >= 15 is 0 Å². The summed E-state index contributed by atoms with van der Waals surface area (Å²) < 4.78 is 0. The molecule has 1 fully saturated rings. The molecule has 15 heavy (non-hydrogen) atoms. The Morgan fingerprint density at radius 2 is 1.73 bits per heavy atom. The molecule has 0 saturated carbocycles. The number of halogens is 1. The predicted molar refractivity (Wildman–Crippen MR) is 67.6 cm³/mol. The third-order valence-corrected chi connectivity index (χ3v) is 2.91. The van der Waals surface area contributed by atoms with E-state index in [1.54, 1.807) is 0 Å². The maximum atomic E-state index is 5.73. The van der Waals surface area contributed by atoms with Crippen molar-refractivity contribution >= 4 is 18.1 Å². The molecule has 84 valence electrons. The predicted octanol–water partition coefficient (Wildman–Crippen LogP) is 2.56. The number of rotatable bonds is 2. The van der Waals surface area contributed by atoms with Crippen molar-refractivity contribution in [2.75, 3.05) is 18.0 Å². The largest absolute Gasteiger partial charge is 0.371 e. The van der Waals surface area contributed by atoms with Gasteiger partial charge in [-0.2, -0.15) is 0 Å². The standard InChI is InChI=1S/C12H18N2.ClH/c13-10-11-6-2-3-7-12(11)14-8-4-1-5-9-14;/h2-3,6-7H,1,4-5,8-10,13H2;1H. The first-order valence-corrected chi connectivity index (χ1v) is 5.45. The average Bonchev–Trinajstić information content (AvgIpc) is 2.30. The monoisotopic (exact) mass is 226 g/mol. The van der Waals surface area contributed by atoms with Gasteiger partial charge in [0.05, 0.1) is 0 Å². The first-order valence-electron chi connectivity index (χ1n) is 5.45. The molecule has 1 aliphatic heterocycles. The third kappa shape index (κ3) is 2.86. The normalized spacial score (nSPS) is 15.9. The van der Waals surface area contributed by atoms with Crippen LogP contribution in [0.15, 0.2) is 24.3 Å². The third-order valence-electron chi connectivity index (χ3n) is 2.91. The minimum absolute atomic E-state index is 0. The van der Waals surface area contributed by atoms with Crippen LogP contribution >= 0.6 is 12.4 Å². The number of piperidine rings is 1. The molecule has 2 N–H and O–H groups in total. The highest BCUT2D eigenvalue weighted by Gasteiger charge is 2.12. The van der Waals surface area contributed by atoms with Gasteiger partial charge >= 0.3 is 0 Å². The summed E-state index contributed by atoms with van der Waals surface area (Å²) in [6.07, 6.45) is 4.01. The Labute approximate surface area is 97.9 Å². The van der Waals surface area contributed by atoms with Crippen molar-refractivity contribution in [3.8, 4) is 0 Å². The van der Waals surface area contributed by atoms with Gasteiger partial charge in [0, 0.05) is 25.3 Å². The Balaban J connectivity index is 0.00000112. The number of hydrogen-bond donors (Lipinski definition) is 1.